The molecule has 8 nitrogen and oxygen atoms in total. The van der Waals surface area contributed by atoms with Crippen molar-refractivity contribution in [3.05, 3.63) is 132 Å². The molecule has 0 saturated carbocycles. The molecule has 0 unspecified atom stereocenters. The molecular weight excluding hydrogens is 552 g/mol. The van der Waals surface area contributed by atoms with Crippen molar-refractivity contribution in [1.82, 2.24) is 10.9 Å². The van der Waals surface area contributed by atoms with Crippen LogP contribution in [0, 0.1) is 0 Å². The van der Waals surface area contributed by atoms with Crippen LogP contribution in [-0.4, -0.2) is 10.2 Å². The zero-order valence-electron chi connectivity index (χ0n) is 19.4. The summed E-state index contributed by atoms with van der Waals surface area (Å²) in [4.78, 5) is 0. The molecule has 0 aliphatic rings. The summed E-state index contributed by atoms with van der Waals surface area (Å²) in [7, 11) is 0. The van der Waals surface area contributed by atoms with Crippen molar-refractivity contribution in [3.8, 4) is 0 Å². The average Bonchev–Trinajstić information content (AvgIpc) is 2.95. The van der Waals surface area contributed by atoms with Gasteiger partial charge in [0.05, 0.1) is 11.4 Å². The van der Waals surface area contributed by atoms with Crippen molar-refractivity contribution in [3.63, 3.8) is 0 Å². The second-order valence-electron chi connectivity index (χ2n) is 6.84. The molecule has 0 heterocycles. The molecule has 0 bridgehead atoms. The SMILES string of the molecule is [Cu+2].[SH+]=C(N=Nc1ccccc1)N[N-]c1ccccc1.[SH+]=C(N=Nc1ccccc1)N[N-]c1ccccc1. The van der Waals surface area contributed by atoms with Crippen molar-refractivity contribution in [2.24, 2.45) is 20.5 Å². The molecule has 0 aliphatic carbocycles. The van der Waals surface area contributed by atoms with Gasteiger partial charge in [0.2, 0.25) is 24.4 Å². The summed E-state index contributed by atoms with van der Waals surface area (Å²) in [6.07, 6.45) is 0. The van der Waals surface area contributed by atoms with Gasteiger partial charge >= 0.3 is 27.3 Å². The Morgan fingerprint density at radius 2 is 0.784 bits per heavy atom. The Labute approximate surface area is 237 Å². The van der Waals surface area contributed by atoms with E-state index < -0.39 is 0 Å². The third kappa shape index (κ3) is 12.7. The standard InChI is InChI=1S/2C13H12N4S.Cu/c2*18-13(16-14-11-7-3-1-4-8-11)17-15-12-9-5-2-6-10-12;/h2*1-10H,(H2,14,15,16,17,18);/q;;+2. The van der Waals surface area contributed by atoms with Crippen molar-refractivity contribution >= 4 is 57.4 Å². The van der Waals surface area contributed by atoms with E-state index >= 15 is 0 Å². The van der Waals surface area contributed by atoms with E-state index in [0.29, 0.717) is 10.2 Å². The second kappa shape index (κ2) is 17.7. The number of nitrogens with zero attached hydrogens (tertiary/aromatic N) is 6. The van der Waals surface area contributed by atoms with E-state index in [-0.39, 0.29) is 17.1 Å². The topological polar surface area (TPSA) is 102 Å². The van der Waals surface area contributed by atoms with Crippen LogP contribution in [0.5, 0.6) is 0 Å². The molecule has 0 amide bonds. The first-order valence-corrected chi connectivity index (χ1v) is 11.7. The van der Waals surface area contributed by atoms with Crippen LogP contribution in [-0.2, 0) is 41.5 Å². The summed E-state index contributed by atoms with van der Waals surface area (Å²) in [5.74, 6) is 0. The van der Waals surface area contributed by atoms with E-state index in [0.717, 1.165) is 22.7 Å². The van der Waals surface area contributed by atoms with E-state index in [2.05, 4.69) is 66.6 Å². The third-order valence-corrected chi connectivity index (χ3v) is 4.49. The molecule has 0 saturated heterocycles. The summed E-state index contributed by atoms with van der Waals surface area (Å²) in [6.45, 7) is 0. The van der Waals surface area contributed by atoms with E-state index in [4.69, 9.17) is 0 Å². The first-order chi connectivity index (χ1) is 17.7. The molecular formula is C26H24CuN8S2+2. The van der Waals surface area contributed by atoms with Crippen LogP contribution in [0.2, 0.25) is 0 Å². The summed E-state index contributed by atoms with van der Waals surface area (Å²) >= 11 is 8.28. The molecule has 189 valence electrons. The Bertz CT molecular complexity index is 1160. The zero-order chi connectivity index (χ0) is 25.3. The van der Waals surface area contributed by atoms with Gasteiger partial charge in [-0.05, 0) is 24.3 Å². The minimum atomic E-state index is 0. The molecule has 37 heavy (non-hydrogen) atoms. The van der Waals surface area contributed by atoms with E-state index in [1.54, 1.807) is 0 Å². The van der Waals surface area contributed by atoms with Gasteiger partial charge in [0.15, 0.2) is 0 Å². The molecule has 1 radical (unpaired) electrons. The Kier molecular flexibility index (Phi) is 14.1. The maximum Gasteiger partial charge on any atom is 2.00 e. The number of benzene rings is 4. The molecule has 4 aromatic rings. The number of para-hydroxylation sites is 2. The number of azo groups is 2. The van der Waals surface area contributed by atoms with Gasteiger partial charge in [0, 0.05) is 0 Å². The number of rotatable bonds is 6. The van der Waals surface area contributed by atoms with Crippen molar-refractivity contribution in [2.45, 2.75) is 0 Å². The van der Waals surface area contributed by atoms with Crippen LogP contribution in [0.1, 0.15) is 0 Å². The first kappa shape index (κ1) is 29.5. The zero-order valence-corrected chi connectivity index (χ0v) is 22.2. The van der Waals surface area contributed by atoms with E-state index in [9.17, 15) is 0 Å². The smallest absolute Gasteiger partial charge is 0.613 e. The molecule has 0 aromatic heterocycles. The van der Waals surface area contributed by atoms with Crippen LogP contribution in [0.25, 0.3) is 10.9 Å². The molecule has 0 fully saturated rings. The monoisotopic (exact) mass is 575 g/mol. The predicted molar refractivity (Wildman–Crippen MR) is 155 cm³/mol. The largest absolute Gasteiger partial charge is 2.00 e. The Balaban J connectivity index is 0.000000253. The number of thiol groups is 2. The Hall–Kier alpha value is -3.70. The minimum Gasteiger partial charge on any atom is -0.613 e. The predicted octanol–water partition coefficient (Wildman–Crippen LogP) is 6.69. The van der Waals surface area contributed by atoms with Crippen LogP contribution in [0.15, 0.2) is 142 Å². The fourth-order valence-electron chi connectivity index (χ4n) is 2.48. The van der Waals surface area contributed by atoms with Crippen LogP contribution < -0.4 is 10.9 Å². The quantitative estimate of drug-likeness (QED) is 0.0668. The van der Waals surface area contributed by atoms with Crippen molar-refractivity contribution in [1.29, 1.82) is 0 Å². The summed E-state index contributed by atoms with van der Waals surface area (Å²) in [6, 6.07) is 37.9. The van der Waals surface area contributed by atoms with Crippen molar-refractivity contribution < 1.29 is 17.1 Å². The summed E-state index contributed by atoms with van der Waals surface area (Å²) in [5, 5.41) is 16.5. The minimum absolute atomic E-state index is 0. The van der Waals surface area contributed by atoms with Crippen LogP contribution in [0.3, 0.4) is 0 Å². The van der Waals surface area contributed by atoms with Gasteiger partial charge in [-0.1, -0.05) is 107 Å². The summed E-state index contributed by atoms with van der Waals surface area (Å²) < 4.78 is 0. The molecule has 11 heteroatoms. The number of hydrogen-bond donors (Lipinski definition) is 2. The van der Waals surface area contributed by atoms with Gasteiger partial charge in [0.25, 0.3) is 0 Å². The van der Waals surface area contributed by atoms with E-state index in [1.165, 1.54) is 0 Å². The third-order valence-electron chi connectivity index (χ3n) is 4.12. The van der Waals surface area contributed by atoms with Gasteiger partial charge in [-0.2, -0.15) is 0 Å². The number of nitrogens with one attached hydrogen (secondary N) is 2. The average molecular weight is 576 g/mol. The first-order valence-electron chi connectivity index (χ1n) is 10.8. The van der Waals surface area contributed by atoms with Crippen molar-refractivity contribution in [2.75, 3.05) is 0 Å². The maximum atomic E-state index is 4.14. The van der Waals surface area contributed by atoms with Gasteiger partial charge in [0.1, 0.15) is 0 Å². The summed E-state index contributed by atoms with van der Waals surface area (Å²) in [5.41, 5.74) is 16.8. The van der Waals surface area contributed by atoms with Gasteiger partial charge in [-0.3, -0.25) is 10.9 Å². The van der Waals surface area contributed by atoms with E-state index in [1.807, 2.05) is 121 Å². The fraction of sp³-hybridized carbons (Fsp3) is 0. The Morgan fingerprint density at radius 3 is 1.11 bits per heavy atom. The Morgan fingerprint density at radius 1 is 0.486 bits per heavy atom. The fourth-order valence-corrected chi connectivity index (χ4v) is 2.67. The normalized spacial score (nSPS) is 10.2. The number of hydrogen-bond acceptors (Lipinski definition) is 2. The molecule has 0 aliphatic heterocycles. The molecule has 4 rings (SSSR count). The molecule has 4 aromatic carbocycles. The van der Waals surface area contributed by atoms with Gasteiger partial charge in [-0.25, -0.2) is 0 Å². The van der Waals surface area contributed by atoms with Crippen LogP contribution in [0.4, 0.5) is 22.7 Å². The van der Waals surface area contributed by atoms with Gasteiger partial charge < -0.3 is 10.9 Å². The second-order valence-corrected chi connectivity index (χ2v) is 7.68. The molecule has 2 N–H and O–H groups in total. The van der Waals surface area contributed by atoms with Gasteiger partial charge in [-0.15, -0.1) is 21.6 Å². The molecule has 0 atom stereocenters. The van der Waals surface area contributed by atoms with Crippen LogP contribution >= 0.6 is 0 Å². The molecule has 0 spiro atoms. The maximum absolute atomic E-state index is 4.14.